The summed E-state index contributed by atoms with van der Waals surface area (Å²) in [5, 5.41) is 3.38. The van der Waals surface area contributed by atoms with E-state index < -0.39 is 26.1 Å². The fourth-order valence-corrected chi connectivity index (χ4v) is 5.31. The SMILES string of the molecule is Cc1ccc2c(=O)c(S(=O)(=O)c3ccc(C)c(C)c3)cn(CC(=O)Nc3ccc(C)c(Cl)c3)c2n1. The van der Waals surface area contributed by atoms with E-state index in [2.05, 4.69) is 10.3 Å². The number of pyridine rings is 2. The van der Waals surface area contributed by atoms with Crippen LogP contribution < -0.4 is 10.7 Å². The molecule has 0 atom stereocenters. The van der Waals surface area contributed by atoms with Gasteiger partial charge < -0.3 is 9.88 Å². The van der Waals surface area contributed by atoms with E-state index in [4.69, 9.17) is 11.6 Å². The highest BCUT2D eigenvalue weighted by Gasteiger charge is 2.25. The number of anilines is 1. The van der Waals surface area contributed by atoms with Gasteiger partial charge in [0.1, 0.15) is 17.1 Å². The van der Waals surface area contributed by atoms with Gasteiger partial charge in [0.15, 0.2) is 0 Å². The van der Waals surface area contributed by atoms with Gasteiger partial charge in [-0.25, -0.2) is 13.4 Å². The molecule has 0 aliphatic heterocycles. The van der Waals surface area contributed by atoms with E-state index >= 15 is 0 Å². The van der Waals surface area contributed by atoms with Crippen LogP contribution in [0.1, 0.15) is 22.4 Å². The minimum Gasteiger partial charge on any atom is -0.324 e. The standard InChI is InChI=1S/C26H24ClN3O4S/c1-15-6-9-20(11-17(15)3)35(33,34)23-13-30(26-21(25(23)32)10-7-18(4)28-26)14-24(31)29-19-8-5-16(2)22(27)12-19/h5-13H,14H2,1-4H3,(H,29,31). The number of nitrogens with one attached hydrogen (secondary N) is 1. The molecule has 2 heterocycles. The van der Waals surface area contributed by atoms with Crippen molar-refractivity contribution >= 4 is 44.1 Å². The number of sulfone groups is 1. The van der Waals surface area contributed by atoms with E-state index in [0.717, 1.165) is 16.7 Å². The van der Waals surface area contributed by atoms with Gasteiger partial charge in [0.2, 0.25) is 21.2 Å². The number of aryl methyl sites for hydroxylation is 4. The molecular weight excluding hydrogens is 486 g/mol. The summed E-state index contributed by atoms with van der Waals surface area (Å²) < 4.78 is 28.3. The van der Waals surface area contributed by atoms with Crippen molar-refractivity contribution in [2.24, 2.45) is 0 Å². The highest BCUT2D eigenvalue weighted by molar-refractivity contribution is 7.91. The number of nitrogens with zero attached hydrogens (tertiary/aromatic N) is 2. The molecule has 1 amide bonds. The van der Waals surface area contributed by atoms with Crippen molar-refractivity contribution in [3.05, 3.63) is 92.4 Å². The van der Waals surface area contributed by atoms with Crippen LogP contribution in [0.2, 0.25) is 5.02 Å². The van der Waals surface area contributed by atoms with Crippen LogP contribution in [0, 0.1) is 27.7 Å². The molecule has 0 unspecified atom stereocenters. The zero-order valence-electron chi connectivity index (χ0n) is 19.7. The molecule has 0 radical (unpaired) electrons. The van der Waals surface area contributed by atoms with Crippen LogP contribution in [-0.4, -0.2) is 23.9 Å². The first kappa shape index (κ1) is 24.6. The van der Waals surface area contributed by atoms with E-state index in [1.165, 1.54) is 22.9 Å². The number of hydrogen-bond donors (Lipinski definition) is 1. The Morgan fingerprint density at radius 1 is 0.971 bits per heavy atom. The van der Waals surface area contributed by atoms with Crippen molar-refractivity contribution in [3.8, 4) is 0 Å². The Balaban J connectivity index is 1.82. The van der Waals surface area contributed by atoms with Gasteiger partial charge in [-0.2, -0.15) is 0 Å². The van der Waals surface area contributed by atoms with Gasteiger partial charge in [0.05, 0.1) is 10.3 Å². The molecule has 4 aromatic rings. The summed E-state index contributed by atoms with van der Waals surface area (Å²) in [6.07, 6.45) is 1.20. The van der Waals surface area contributed by atoms with Gasteiger partial charge in [-0.05, 0) is 80.8 Å². The van der Waals surface area contributed by atoms with Crippen LogP contribution in [0.25, 0.3) is 11.0 Å². The molecule has 0 bridgehead atoms. The van der Waals surface area contributed by atoms with Gasteiger partial charge in [-0.15, -0.1) is 0 Å². The molecule has 0 saturated heterocycles. The molecule has 0 fully saturated rings. The monoisotopic (exact) mass is 509 g/mol. The molecule has 1 N–H and O–H groups in total. The van der Waals surface area contributed by atoms with Crippen molar-refractivity contribution in [1.29, 1.82) is 0 Å². The Morgan fingerprint density at radius 3 is 2.37 bits per heavy atom. The Hall–Kier alpha value is -3.49. The van der Waals surface area contributed by atoms with Gasteiger partial charge in [-0.3, -0.25) is 9.59 Å². The van der Waals surface area contributed by atoms with E-state index in [1.54, 1.807) is 50.2 Å². The molecule has 9 heteroatoms. The third-order valence-electron chi connectivity index (χ3n) is 5.88. The van der Waals surface area contributed by atoms with E-state index in [-0.39, 0.29) is 22.5 Å². The third kappa shape index (κ3) is 4.85. The molecule has 180 valence electrons. The maximum atomic E-state index is 13.5. The smallest absolute Gasteiger partial charge is 0.244 e. The first-order valence-corrected chi connectivity index (χ1v) is 12.7. The zero-order chi connectivity index (χ0) is 25.5. The average Bonchev–Trinajstić information content (AvgIpc) is 2.79. The zero-order valence-corrected chi connectivity index (χ0v) is 21.3. The summed E-state index contributed by atoms with van der Waals surface area (Å²) in [5.41, 5.74) is 3.30. The van der Waals surface area contributed by atoms with Crippen LogP contribution >= 0.6 is 11.6 Å². The molecule has 0 aliphatic carbocycles. The molecule has 7 nitrogen and oxygen atoms in total. The lowest BCUT2D eigenvalue weighted by molar-refractivity contribution is -0.116. The highest BCUT2D eigenvalue weighted by atomic mass is 35.5. The number of hydrogen-bond acceptors (Lipinski definition) is 5. The molecule has 0 spiro atoms. The summed E-state index contributed by atoms with van der Waals surface area (Å²) in [6.45, 7) is 7.03. The molecule has 2 aromatic carbocycles. The van der Waals surface area contributed by atoms with Crippen molar-refractivity contribution in [1.82, 2.24) is 9.55 Å². The lowest BCUT2D eigenvalue weighted by Gasteiger charge is -2.14. The minimum atomic E-state index is -4.15. The summed E-state index contributed by atoms with van der Waals surface area (Å²) >= 11 is 6.15. The maximum Gasteiger partial charge on any atom is 0.244 e. The normalized spacial score (nSPS) is 11.6. The topological polar surface area (TPSA) is 98.1 Å². The second-order valence-electron chi connectivity index (χ2n) is 8.54. The van der Waals surface area contributed by atoms with Gasteiger partial charge in [-0.1, -0.05) is 23.7 Å². The summed E-state index contributed by atoms with van der Waals surface area (Å²) in [6, 6.07) is 13.0. The van der Waals surface area contributed by atoms with Crippen molar-refractivity contribution < 1.29 is 13.2 Å². The number of halogens is 1. The van der Waals surface area contributed by atoms with Gasteiger partial charge in [0, 0.05) is 22.6 Å². The molecular formula is C26H24ClN3O4S. The fraction of sp³-hybridized carbons (Fsp3) is 0.192. The highest BCUT2D eigenvalue weighted by Crippen LogP contribution is 2.24. The summed E-state index contributed by atoms with van der Waals surface area (Å²) in [7, 11) is -4.15. The van der Waals surface area contributed by atoms with Crippen LogP contribution in [-0.2, 0) is 21.2 Å². The Morgan fingerprint density at radius 2 is 1.69 bits per heavy atom. The summed E-state index contributed by atoms with van der Waals surface area (Å²) in [5.74, 6) is -0.423. The molecule has 4 rings (SSSR count). The lowest BCUT2D eigenvalue weighted by atomic mass is 10.1. The lowest BCUT2D eigenvalue weighted by Crippen LogP contribution is -2.24. The Bertz CT molecular complexity index is 1660. The van der Waals surface area contributed by atoms with E-state index in [1.807, 2.05) is 13.8 Å². The first-order valence-electron chi connectivity index (χ1n) is 10.9. The second-order valence-corrected chi connectivity index (χ2v) is 10.9. The predicted molar refractivity (Wildman–Crippen MR) is 137 cm³/mol. The van der Waals surface area contributed by atoms with Crippen LogP contribution in [0.15, 0.2) is 69.3 Å². The van der Waals surface area contributed by atoms with Crippen molar-refractivity contribution in [3.63, 3.8) is 0 Å². The van der Waals surface area contributed by atoms with Crippen LogP contribution in [0.3, 0.4) is 0 Å². The quantitative estimate of drug-likeness (QED) is 0.418. The molecule has 2 aromatic heterocycles. The molecule has 35 heavy (non-hydrogen) atoms. The maximum absolute atomic E-state index is 13.5. The average molecular weight is 510 g/mol. The van der Waals surface area contributed by atoms with E-state index in [0.29, 0.717) is 16.4 Å². The van der Waals surface area contributed by atoms with Crippen molar-refractivity contribution in [2.75, 3.05) is 5.32 Å². The number of fused-ring (bicyclic) bond motifs is 1. The number of carbonyl (C=O) groups is 1. The van der Waals surface area contributed by atoms with E-state index in [9.17, 15) is 18.0 Å². The van der Waals surface area contributed by atoms with Gasteiger partial charge in [0.25, 0.3) is 0 Å². The first-order chi connectivity index (χ1) is 16.5. The number of amides is 1. The second kappa shape index (κ2) is 9.28. The Labute approximate surface area is 208 Å². The number of rotatable bonds is 5. The minimum absolute atomic E-state index is 0.0161. The number of carbonyl (C=O) groups excluding carboxylic acids is 1. The van der Waals surface area contributed by atoms with Gasteiger partial charge >= 0.3 is 0 Å². The predicted octanol–water partition coefficient (Wildman–Crippen LogP) is 4.76. The third-order valence-corrected chi connectivity index (χ3v) is 8.03. The number of benzene rings is 2. The van der Waals surface area contributed by atoms with Crippen LogP contribution in [0.5, 0.6) is 0 Å². The van der Waals surface area contributed by atoms with Crippen LogP contribution in [0.4, 0.5) is 5.69 Å². The van der Waals surface area contributed by atoms with Crippen molar-refractivity contribution in [2.45, 2.75) is 44.0 Å². The summed E-state index contributed by atoms with van der Waals surface area (Å²) in [4.78, 5) is 30.2. The molecule has 0 saturated carbocycles. The largest absolute Gasteiger partial charge is 0.324 e. The fourth-order valence-electron chi connectivity index (χ4n) is 3.68. The number of aromatic nitrogens is 2. The Kier molecular flexibility index (Phi) is 6.53. The molecule has 0 aliphatic rings.